The van der Waals surface area contributed by atoms with Crippen LogP contribution in [-0.4, -0.2) is 11.1 Å². The molecule has 2 heteroatoms. The van der Waals surface area contributed by atoms with E-state index < -0.39 is 11.4 Å². The molecule has 0 aromatic carbocycles. The summed E-state index contributed by atoms with van der Waals surface area (Å²) in [6.07, 6.45) is 12.0. The molecule has 3 rings (SSSR count). The Bertz CT molecular complexity index is 534. The van der Waals surface area contributed by atoms with Crippen LogP contribution in [0.2, 0.25) is 0 Å². The minimum absolute atomic E-state index is 0.165. The van der Waals surface area contributed by atoms with Gasteiger partial charge in [0.15, 0.2) is 0 Å². The van der Waals surface area contributed by atoms with Gasteiger partial charge >= 0.3 is 5.97 Å². The van der Waals surface area contributed by atoms with Crippen molar-refractivity contribution in [2.75, 3.05) is 0 Å². The lowest BCUT2D eigenvalue weighted by Crippen LogP contribution is -2.53. The number of carboxylic acid groups (broad SMARTS) is 1. The fourth-order valence-electron chi connectivity index (χ4n) is 5.86. The maximum absolute atomic E-state index is 11.9. The molecule has 0 radical (unpaired) electrons. The molecule has 0 bridgehead atoms. The van der Waals surface area contributed by atoms with Crippen LogP contribution < -0.4 is 0 Å². The van der Waals surface area contributed by atoms with Gasteiger partial charge in [-0.1, -0.05) is 38.0 Å². The van der Waals surface area contributed by atoms with Crippen LogP contribution in [-0.2, 0) is 4.79 Å². The largest absolute Gasteiger partial charge is 0.481 e. The predicted octanol–water partition coefficient (Wildman–Crippen LogP) is 5.21. The van der Waals surface area contributed by atoms with Crippen LogP contribution in [0.5, 0.6) is 0 Å². The highest BCUT2D eigenvalue weighted by atomic mass is 16.4. The molecule has 2 nitrogen and oxygen atoms in total. The van der Waals surface area contributed by atoms with Crippen molar-refractivity contribution < 1.29 is 9.90 Å². The summed E-state index contributed by atoms with van der Waals surface area (Å²) < 4.78 is 0. The first-order valence-corrected chi connectivity index (χ1v) is 8.81. The number of rotatable bonds is 2. The van der Waals surface area contributed by atoms with Crippen LogP contribution in [0.1, 0.15) is 65.7 Å². The standard InChI is InChI=1S/C20H30O2/c1-5-18(2)12-9-15-14(13-18)7-8-16-19(15,3)10-6-11-20(16,4)17(21)22/h5,7,15-16H,1,6,8-13H2,2-4H3,(H,21,22)/t15?,16?,18-,19+,20+/m0/s1. The zero-order chi connectivity index (χ0) is 16.2. The molecule has 2 fully saturated rings. The highest BCUT2D eigenvalue weighted by molar-refractivity contribution is 5.75. The lowest BCUT2D eigenvalue weighted by molar-refractivity contribution is -0.163. The molecule has 0 amide bonds. The minimum Gasteiger partial charge on any atom is -0.481 e. The molecule has 0 aliphatic heterocycles. The summed E-state index contributed by atoms with van der Waals surface area (Å²) in [5.74, 6) is 0.276. The quantitative estimate of drug-likeness (QED) is 0.711. The average Bonchev–Trinajstić information content (AvgIpc) is 2.46. The van der Waals surface area contributed by atoms with E-state index in [1.807, 2.05) is 6.92 Å². The minimum atomic E-state index is -0.591. The average molecular weight is 302 g/mol. The van der Waals surface area contributed by atoms with Crippen molar-refractivity contribution in [3.63, 3.8) is 0 Å². The zero-order valence-electron chi connectivity index (χ0n) is 14.3. The number of hydrogen-bond acceptors (Lipinski definition) is 1. The maximum Gasteiger partial charge on any atom is 0.309 e. The van der Waals surface area contributed by atoms with Crippen molar-refractivity contribution in [2.24, 2.45) is 28.1 Å². The Morgan fingerprint density at radius 3 is 2.68 bits per heavy atom. The second-order valence-electron chi connectivity index (χ2n) is 8.78. The summed E-state index contributed by atoms with van der Waals surface area (Å²) in [5, 5.41) is 9.83. The van der Waals surface area contributed by atoms with Crippen LogP contribution >= 0.6 is 0 Å². The van der Waals surface area contributed by atoms with Crippen molar-refractivity contribution in [1.29, 1.82) is 0 Å². The summed E-state index contributed by atoms with van der Waals surface area (Å²) in [5.41, 5.74) is 1.43. The first-order chi connectivity index (χ1) is 10.3. The number of allylic oxidation sites excluding steroid dienone is 3. The Balaban J connectivity index is 1.98. The van der Waals surface area contributed by atoms with Gasteiger partial charge in [0.2, 0.25) is 0 Å². The fourth-order valence-corrected chi connectivity index (χ4v) is 5.86. The number of aliphatic carboxylic acids is 1. The molecular formula is C20H30O2. The summed E-state index contributed by atoms with van der Waals surface area (Å²) in [6, 6.07) is 0. The Kier molecular flexibility index (Phi) is 3.58. The van der Waals surface area contributed by atoms with E-state index in [0.717, 1.165) is 25.7 Å². The van der Waals surface area contributed by atoms with Gasteiger partial charge in [0, 0.05) is 0 Å². The summed E-state index contributed by atoms with van der Waals surface area (Å²) >= 11 is 0. The van der Waals surface area contributed by atoms with Crippen LogP contribution in [0.4, 0.5) is 0 Å². The normalized spacial score (nSPS) is 47.9. The number of hydrogen-bond donors (Lipinski definition) is 1. The first-order valence-electron chi connectivity index (χ1n) is 8.81. The lowest BCUT2D eigenvalue weighted by atomic mass is 9.45. The topological polar surface area (TPSA) is 37.3 Å². The molecule has 22 heavy (non-hydrogen) atoms. The van der Waals surface area contributed by atoms with Gasteiger partial charge in [0.05, 0.1) is 5.41 Å². The molecule has 3 aliphatic rings. The molecule has 0 aromatic heterocycles. The highest BCUT2D eigenvalue weighted by Crippen LogP contribution is 2.63. The van der Waals surface area contributed by atoms with Gasteiger partial charge in [-0.15, -0.1) is 6.58 Å². The summed E-state index contributed by atoms with van der Waals surface area (Å²) in [6.45, 7) is 10.7. The SMILES string of the molecule is C=C[C@@]1(C)CCC2C(=CCC3[C@]2(C)CCC[C@@]3(C)C(=O)O)C1. The molecular weight excluding hydrogens is 272 g/mol. The molecule has 2 saturated carbocycles. The van der Waals surface area contributed by atoms with Gasteiger partial charge in [0.25, 0.3) is 0 Å². The van der Waals surface area contributed by atoms with E-state index >= 15 is 0 Å². The molecule has 122 valence electrons. The maximum atomic E-state index is 11.9. The van der Waals surface area contributed by atoms with Crippen molar-refractivity contribution in [3.8, 4) is 0 Å². The number of carbonyl (C=O) groups is 1. The number of carboxylic acids is 1. The smallest absolute Gasteiger partial charge is 0.309 e. The molecule has 0 saturated heterocycles. The van der Waals surface area contributed by atoms with E-state index in [1.165, 1.54) is 19.3 Å². The van der Waals surface area contributed by atoms with Crippen molar-refractivity contribution in [3.05, 3.63) is 24.3 Å². The van der Waals surface area contributed by atoms with Gasteiger partial charge in [0.1, 0.15) is 0 Å². The molecule has 5 atom stereocenters. The van der Waals surface area contributed by atoms with Gasteiger partial charge in [-0.05, 0) is 68.1 Å². The van der Waals surface area contributed by atoms with E-state index in [9.17, 15) is 9.90 Å². The molecule has 3 aliphatic carbocycles. The fraction of sp³-hybridized carbons (Fsp3) is 0.750. The predicted molar refractivity (Wildman–Crippen MR) is 89.5 cm³/mol. The number of fused-ring (bicyclic) bond motifs is 3. The summed E-state index contributed by atoms with van der Waals surface area (Å²) in [4.78, 5) is 11.9. The van der Waals surface area contributed by atoms with Crippen molar-refractivity contribution in [1.82, 2.24) is 0 Å². The van der Waals surface area contributed by atoms with Crippen LogP contribution in [0.3, 0.4) is 0 Å². The van der Waals surface area contributed by atoms with Gasteiger partial charge in [-0.25, -0.2) is 0 Å². The zero-order valence-corrected chi connectivity index (χ0v) is 14.3. The van der Waals surface area contributed by atoms with Gasteiger partial charge in [-0.2, -0.15) is 0 Å². The van der Waals surface area contributed by atoms with E-state index in [0.29, 0.717) is 5.92 Å². The van der Waals surface area contributed by atoms with E-state index in [-0.39, 0.29) is 16.7 Å². The summed E-state index contributed by atoms with van der Waals surface area (Å²) in [7, 11) is 0. The van der Waals surface area contributed by atoms with Crippen molar-refractivity contribution in [2.45, 2.75) is 65.7 Å². The highest BCUT2D eigenvalue weighted by Gasteiger charge is 2.58. The molecule has 0 heterocycles. The first kappa shape index (κ1) is 15.8. The van der Waals surface area contributed by atoms with Crippen LogP contribution in [0.15, 0.2) is 24.3 Å². The second-order valence-corrected chi connectivity index (χ2v) is 8.78. The van der Waals surface area contributed by atoms with Crippen LogP contribution in [0, 0.1) is 28.1 Å². The van der Waals surface area contributed by atoms with Gasteiger partial charge < -0.3 is 5.11 Å². The Morgan fingerprint density at radius 2 is 2.05 bits per heavy atom. The third-order valence-corrected chi connectivity index (χ3v) is 7.43. The Labute approximate surface area is 134 Å². The third kappa shape index (κ3) is 2.10. The second kappa shape index (κ2) is 4.97. The molecule has 2 unspecified atom stereocenters. The molecule has 1 N–H and O–H groups in total. The van der Waals surface area contributed by atoms with Crippen molar-refractivity contribution >= 4 is 5.97 Å². The Morgan fingerprint density at radius 1 is 1.32 bits per heavy atom. The molecule has 0 spiro atoms. The molecule has 0 aromatic rings. The lowest BCUT2D eigenvalue weighted by Gasteiger charge is -2.58. The van der Waals surface area contributed by atoms with E-state index in [1.54, 1.807) is 5.57 Å². The third-order valence-electron chi connectivity index (χ3n) is 7.43. The Hall–Kier alpha value is -1.05. The van der Waals surface area contributed by atoms with Crippen LogP contribution in [0.25, 0.3) is 0 Å². The van der Waals surface area contributed by atoms with E-state index in [2.05, 4.69) is 32.6 Å². The monoisotopic (exact) mass is 302 g/mol. The van der Waals surface area contributed by atoms with E-state index in [4.69, 9.17) is 0 Å². The van der Waals surface area contributed by atoms with Gasteiger partial charge in [-0.3, -0.25) is 4.79 Å².